The van der Waals surface area contributed by atoms with E-state index in [0.717, 1.165) is 6.07 Å². The van der Waals surface area contributed by atoms with Gasteiger partial charge in [0.1, 0.15) is 11.4 Å². The average molecular weight is 533 g/mol. The Bertz CT molecular complexity index is 1180. The van der Waals surface area contributed by atoms with Crippen LogP contribution in [-0.2, 0) is 26.8 Å². The van der Waals surface area contributed by atoms with Crippen LogP contribution in [0.25, 0.3) is 5.69 Å². The van der Waals surface area contributed by atoms with Gasteiger partial charge < -0.3 is 29.5 Å². The van der Waals surface area contributed by atoms with Crippen molar-refractivity contribution in [2.45, 2.75) is 0 Å². The molecule has 1 aromatic carbocycles. The maximum Gasteiger partial charge on any atom is 0.490 e. The second kappa shape index (κ2) is 10.1. The summed E-state index contributed by atoms with van der Waals surface area (Å²) in [7, 11) is -16.6. The van der Waals surface area contributed by atoms with E-state index in [-0.39, 0.29) is 11.4 Å². The van der Waals surface area contributed by atoms with E-state index in [1.807, 2.05) is 0 Å². The molecule has 0 saturated heterocycles. The number of nitro groups is 2. The largest absolute Gasteiger partial charge is 0.490 e. The number of hydrogen-bond donors (Lipinski definition) is 5. The Hall–Kier alpha value is -2.56. The van der Waals surface area contributed by atoms with Gasteiger partial charge in [-0.25, -0.2) is 18.7 Å². The number of rotatable bonds is 12. The van der Waals surface area contributed by atoms with E-state index in [0.29, 0.717) is 6.07 Å². The zero-order valence-corrected chi connectivity index (χ0v) is 18.5. The van der Waals surface area contributed by atoms with Crippen molar-refractivity contribution in [1.82, 2.24) is 9.55 Å². The fraction of sp³-hybridized carbons (Fsp3) is 0.182. The molecule has 2 rings (SSSR count). The summed E-state index contributed by atoms with van der Waals surface area (Å²) in [6.45, 7) is -1.26. The molecule has 0 amide bonds. The highest BCUT2D eigenvalue weighted by Crippen LogP contribution is 2.66. The quantitative estimate of drug-likeness (QED) is 0.112. The molecule has 182 valence electrons. The van der Waals surface area contributed by atoms with Crippen molar-refractivity contribution < 1.29 is 56.3 Å². The molecule has 0 aliphatic heterocycles. The van der Waals surface area contributed by atoms with E-state index in [4.69, 9.17) is 14.7 Å². The summed E-state index contributed by atoms with van der Waals surface area (Å²) in [5.74, 6) is 0. The molecule has 22 heteroatoms. The van der Waals surface area contributed by atoms with Crippen LogP contribution in [0.3, 0.4) is 0 Å². The highest BCUT2D eigenvalue weighted by atomic mass is 31.3. The van der Waals surface area contributed by atoms with Crippen LogP contribution in [0.4, 0.5) is 17.1 Å². The minimum Gasteiger partial charge on any atom is -0.377 e. The third-order valence-electron chi connectivity index (χ3n) is 3.36. The summed E-state index contributed by atoms with van der Waals surface area (Å²) in [4.78, 5) is 59.9. The topological polar surface area (TPSA) is 276 Å². The van der Waals surface area contributed by atoms with Gasteiger partial charge in [-0.2, -0.15) is 8.62 Å². The van der Waals surface area contributed by atoms with Gasteiger partial charge in [-0.1, -0.05) is 0 Å². The van der Waals surface area contributed by atoms with Gasteiger partial charge in [-0.05, 0) is 6.07 Å². The second-order valence-electron chi connectivity index (χ2n) is 5.69. The van der Waals surface area contributed by atoms with E-state index in [2.05, 4.69) is 23.4 Å². The maximum absolute atomic E-state index is 11.7. The fourth-order valence-corrected chi connectivity index (χ4v) is 5.28. The summed E-state index contributed by atoms with van der Waals surface area (Å²) in [5, 5.41) is 25.1. The van der Waals surface area contributed by atoms with Crippen LogP contribution in [-0.4, -0.2) is 52.1 Å². The minimum absolute atomic E-state index is 0.0986. The summed E-state index contributed by atoms with van der Waals surface area (Å²) in [6.07, 6.45) is 3.85. The monoisotopic (exact) mass is 533 g/mol. The van der Waals surface area contributed by atoms with Crippen molar-refractivity contribution in [1.29, 1.82) is 0 Å². The standard InChI is InChI=1S/C11H14N5O14P3/c17-15(18)9-6-11(16(19)20)10(14-3-1-12-7-14)5-8(9)13-2-4-28-32(24,25)30-33(26,27)29-31(21,22)23/h1,3,5-7,13H,2,4H2,(H,24,25)(H,26,27)(H2,21,22,23). The van der Waals surface area contributed by atoms with Crippen molar-refractivity contribution in [3.63, 3.8) is 0 Å². The van der Waals surface area contributed by atoms with Gasteiger partial charge in [0.15, 0.2) is 0 Å². The number of hydrogen-bond acceptors (Lipinski definition) is 12. The molecule has 19 nitrogen and oxygen atoms in total. The first-order valence-electron chi connectivity index (χ1n) is 8.07. The smallest absolute Gasteiger partial charge is 0.377 e. The molecule has 1 heterocycles. The Kier molecular flexibility index (Phi) is 8.21. The molecular formula is C11H14N5O14P3. The van der Waals surface area contributed by atoms with Gasteiger partial charge in [-0.3, -0.25) is 24.8 Å². The molecule has 1 aromatic heterocycles. The summed E-state index contributed by atoms with van der Waals surface area (Å²) >= 11 is 0. The molecule has 0 fully saturated rings. The number of anilines is 1. The molecule has 33 heavy (non-hydrogen) atoms. The number of nitrogens with one attached hydrogen (secondary N) is 1. The predicted molar refractivity (Wildman–Crippen MR) is 105 cm³/mol. The molecule has 0 spiro atoms. The molecular weight excluding hydrogens is 519 g/mol. The predicted octanol–water partition coefficient (Wildman–Crippen LogP) is 1.44. The van der Waals surface area contributed by atoms with Crippen LogP contribution in [0.15, 0.2) is 30.9 Å². The van der Waals surface area contributed by atoms with Crippen LogP contribution >= 0.6 is 23.5 Å². The zero-order chi connectivity index (χ0) is 25.0. The van der Waals surface area contributed by atoms with Gasteiger partial charge >= 0.3 is 23.5 Å². The third-order valence-corrected chi connectivity index (χ3v) is 7.19. The first-order chi connectivity index (χ1) is 15.1. The molecule has 0 bridgehead atoms. The molecule has 5 N–H and O–H groups in total. The molecule has 2 atom stereocenters. The van der Waals surface area contributed by atoms with Gasteiger partial charge in [0.25, 0.3) is 11.4 Å². The number of phosphoric ester groups is 1. The Morgan fingerprint density at radius 2 is 1.64 bits per heavy atom. The molecule has 0 aliphatic carbocycles. The lowest BCUT2D eigenvalue weighted by Gasteiger charge is -2.16. The lowest BCUT2D eigenvalue weighted by atomic mass is 10.2. The number of imidazole rings is 1. The Balaban J connectivity index is 2.15. The van der Waals surface area contributed by atoms with Crippen LogP contribution in [0.2, 0.25) is 0 Å². The van der Waals surface area contributed by atoms with Crippen molar-refractivity contribution in [2.75, 3.05) is 18.5 Å². The zero-order valence-electron chi connectivity index (χ0n) is 15.8. The van der Waals surface area contributed by atoms with Crippen molar-refractivity contribution in [3.05, 3.63) is 51.1 Å². The van der Waals surface area contributed by atoms with E-state index in [1.54, 1.807) is 0 Å². The van der Waals surface area contributed by atoms with Gasteiger partial charge in [-0.15, -0.1) is 0 Å². The summed E-state index contributed by atoms with van der Waals surface area (Å²) in [5.41, 5.74) is -1.69. The number of aromatic nitrogens is 2. The highest BCUT2D eigenvalue weighted by molar-refractivity contribution is 7.66. The van der Waals surface area contributed by atoms with Crippen molar-refractivity contribution in [3.8, 4) is 5.69 Å². The number of nitro benzene ring substituents is 2. The van der Waals surface area contributed by atoms with E-state index < -0.39 is 57.8 Å². The van der Waals surface area contributed by atoms with E-state index in [1.165, 1.54) is 23.3 Å². The minimum atomic E-state index is -5.70. The Morgan fingerprint density at radius 1 is 1.00 bits per heavy atom. The number of benzene rings is 1. The fourth-order valence-electron chi connectivity index (χ4n) is 2.26. The normalized spacial score (nSPS) is 15.4. The lowest BCUT2D eigenvalue weighted by Crippen LogP contribution is -2.11. The lowest BCUT2D eigenvalue weighted by molar-refractivity contribution is -0.393. The summed E-state index contributed by atoms with van der Waals surface area (Å²) in [6, 6.07) is 1.72. The average Bonchev–Trinajstić information content (AvgIpc) is 3.15. The highest BCUT2D eigenvalue weighted by Gasteiger charge is 2.40. The van der Waals surface area contributed by atoms with Crippen LogP contribution < -0.4 is 5.32 Å². The van der Waals surface area contributed by atoms with Crippen molar-refractivity contribution >= 4 is 40.5 Å². The summed E-state index contributed by atoms with van der Waals surface area (Å²) < 4.78 is 46.1. The molecule has 0 aliphatic rings. The van der Waals surface area contributed by atoms with Gasteiger partial charge in [0.2, 0.25) is 0 Å². The van der Waals surface area contributed by atoms with Crippen molar-refractivity contribution in [2.24, 2.45) is 0 Å². The third kappa shape index (κ3) is 8.06. The van der Waals surface area contributed by atoms with E-state index in [9.17, 15) is 38.8 Å². The molecule has 2 unspecified atom stereocenters. The van der Waals surface area contributed by atoms with Crippen LogP contribution in [0.1, 0.15) is 0 Å². The maximum atomic E-state index is 11.7. The van der Waals surface area contributed by atoms with E-state index >= 15 is 0 Å². The van der Waals surface area contributed by atoms with Gasteiger partial charge in [0.05, 0.1) is 28.8 Å². The molecule has 0 saturated carbocycles. The Labute approximate surface area is 182 Å². The first-order valence-corrected chi connectivity index (χ1v) is 12.6. The van der Waals surface area contributed by atoms with Gasteiger partial charge in [0, 0.05) is 18.9 Å². The number of nitrogens with zero attached hydrogens (tertiary/aromatic N) is 4. The Morgan fingerprint density at radius 3 is 2.15 bits per heavy atom. The second-order valence-corrected chi connectivity index (χ2v) is 10.1. The molecule has 2 aromatic rings. The number of phosphoric acid groups is 3. The molecule has 0 radical (unpaired) electrons. The first kappa shape index (κ1) is 26.7. The SMILES string of the molecule is O=[N+]([O-])c1cc([N+](=O)[O-])c(-n2ccnc2)cc1NCCOP(=O)(O)OP(=O)(O)OP(=O)(O)O. The van der Waals surface area contributed by atoms with Crippen LogP contribution in [0.5, 0.6) is 0 Å². The van der Waals surface area contributed by atoms with Crippen LogP contribution in [0, 0.1) is 20.2 Å².